The normalized spacial score (nSPS) is 19.2. The topological polar surface area (TPSA) is 41.1 Å². The smallest absolute Gasteiger partial charge is 0.319 e. The van der Waals surface area contributed by atoms with Crippen molar-refractivity contribution in [3.8, 4) is 0 Å². The number of benzene rings is 1. The summed E-state index contributed by atoms with van der Waals surface area (Å²) in [5, 5.41) is 5.69. The van der Waals surface area contributed by atoms with E-state index in [1.165, 1.54) is 11.8 Å². The number of thiocarbonyl (C=S) groups is 1. The van der Waals surface area contributed by atoms with Gasteiger partial charge in [0.2, 0.25) is 0 Å². The summed E-state index contributed by atoms with van der Waals surface area (Å²) in [5.41, 5.74) is 2.84. The summed E-state index contributed by atoms with van der Waals surface area (Å²) in [7, 11) is 0. The van der Waals surface area contributed by atoms with Crippen LogP contribution < -0.4 is 10.6 Å². The average Bonchev–Trinajstić information content (AvgIpc) is 2.38. The molecule has 3 nitrogen and oxygen atoms in total. The van der Waals surface area contributed by atoms with E-state index in [1.54, 1.807) is 0 Å². The highest BCUT2D eigenvalue weighted by atomic mass is 32.2. The van der Waals surface area contributed by atoms with E-state index >= 15 is 0 Å². The largest absolute Gasteiger partial charge is 0.327 e. The van der Waals surface area contributed by atoms with Crippen molar-refractivity contribution in [1.29, 1.82) is 0 Å². The van der Waals surface area contributed by atoms with Gasteiger partial charge in [-0.1, -0.05) is 42.5 Å². The number of carbonyl (C=O) groups excluding carboxylic acids is 1. The second-order valence-corrected chi connectivity index (χ2v) is 5.46. The van der Waals surface area contributed by atoms with E-state index in [2.05, 4.69) is 10.6 Å². The molecule has 0 aromatic heterocycles. The van der Waals surface area contributed by atoms with Gasteiger partial charge in [0, 0.05) is 11.3 Å². The monoisotopic (exact) mass is 278 g/mol. The Morgan fingerprint density at radius 3 is 2.61 bits per heavy atom. The van der Waals surface area contributed by atoms with Crippen molar-refractivity contribution < 1.29 is 4.79 Å². The molecule has 0 fully saturated rings. The molecule has 2 N–H and O–H groups in total. The lowest BCUT2D eigenvalue weighted by molar-refractivity contribution is 0.239. The molecule has 0 bridgehead atoms. The van der Waals surface area contributed by atoms with Crippen LogP contribution in [-0.2, 0) is 0 Å². The van der Waals surface area contributed by atoms with Crippen molar-refractivity contribution in [2.24, 2.45) is 0 Å². The van der Waals surface area contributed by atoms with Crippen LogP contribution in [0.1, 0.15) is 18.5 Å². The number of urea groups is 1. The van der Waals surface area contributed by atoms with Gasteiger partial charge in [0.05, 0.1) is 10.2 Å². The van der Waals surface area contributed by atoms with Gasteiger partial charge in [-0.25, -0.2) is 4.79 Å². The fourth-order valence-electron chi connectivity index (χ4n) is 1.97. The minimum atomic E-state index is -0.186. The average molecular weight is 278 g/mol. The molecule has 1 heterocycles. The number of thioether (sulfide) groups is 1. The SMILES string of the molecule is CSC(=S)C1=C(C)NC(=O)NC1c1ccccc1. The molecule has 1 aromatic carbocycles. The molecular weight excluding hydrogens is 264 g/mol. The van der Waals surface area contributed by atoms with E-state index in [1.807, 2.05) is 43.5 Å². The first-order chi connectivity index (χ1) is 8.63. The molecule has 18 heavy (non-hydrogen) atoms. The number of hydrogen-bond acceptors (Lipinski definition) is 3. The fourth-order valence-corrected chi connectivity index (χ4v) is 2.73. The Kier molecular flexibility index (Phi) is 4.04. The molecule has 0 spiro atoms. The van der Waals surface area contributed by atoms with Crippen LogP contribution in [0.25, 0.3) is 0 Å². The quantitative estimate of drug-likeness (QED) is 0.817. The summed E-state index contributed by atoms with van der Waals surface area (Å²) in [6, 6.07) is 9.50. The molecule has 2 rings (SSSR count). The summed E-state index contributed by atoms with van der Waals surface area (Å²) in [6.45, 7) is 1.88. The van der Waals surface area contributed by atoms with Crippen molar-refractivity contribution in [2.75, 3.05) is 6.26 Å². The summed E-state index contributed by atoms with van der Waals surface area (Å²) >= 11 is 6.90. The third-order valence-electron chi connectivity index (χ3n) is 2.81. The first-order valence-electron chi connectivity index (χ1n) is 5.55. The molecule has 5 heteroatoms. The molecule has 1 aliphatic heterocycles. The van der Waals surface area contributed by atoms with Crippen LogP contribution in [0, 0.1) is 0 Å². The Balaban J connectivity index is 2.46. The Labute approximate surface area is 116 Å². The summed E-state index contributed by atoms with van der Waals surface area (Å²) in [5.74, 6) is 0. The van der Waals surface area contributed by atoms with E-state index in [4.69, 9.17) is 12.2 Å². The molecule has 0 saturated heterocycles. The van der Waals surface area contributed by atoms with Crippen LogP contribution in [0.4, 0.5) is 4.79 Å². The lowest BCUT2D eigenvalue weighted by Crippen LogP contribution is -2.44. The zero-order valence-electron chi connectivity index (χ0n) is 10.2. The number of hydrogen-bond donors (Lipinski definition) is 2. The van der Waals surface area contributed by atoms with Crippen molar-refractivity contribution in [3.63, 3.8) is 0 Å². The minimum absolute atomic E-state index is 0.167. The number of nitrogens with one attached hydrogen (secondary N) is 2. The van der Waals surface area contributed by atoms with Crippen molar-refractivity contribution in [1.82, 2.24) is 10.6 Å². The Bertz CT molecular complexity index is 511. The van der Waals surface area contributed by atoms with Crippen molar-refractivity contribution >= 4 is 34.2 Å². The minimum Gasteiger partial charge on any atom is -0.327 e. The van der Waals surface area contributed by atoms with E-state index in [-0.39, 0.29) is 12.1 Å². The third kappa shape index (κ3) is 2.57. The third-order valence-corrected chi connectivity index (χ3v) is 4.12. The maximum Gasteiger partial charge on any atom is 0.319 e. The first-order valence-corrected chi connectivity index (χ1v) is 7.18. The van der Waals surface area contributed by atoms with Gasteiger partial charge in [-0.2, -0.15) is 0 Å². The molecule has 1 unspecified atom stereocenters. The zero-order valence-corrected chi connectivity index (χ0v) is 11.8. The van der Waals surface area contributed by atoms with Gasteiger partial charge in [-0.15, -0.1) is 11.8 Å². The predicted octanol–water partition coefficient (Wildman–Crippen LogP) is 3.00. The highest BCUT2D eigenvalue weighted by molar-refractivity contribution is 8.23. The zero-order chi connectivity index (χ0) is 13.1. The fraction of sp³-hybridized carbons (Fsp3) is 0.231. The second kappa shape index (κ2) is 5.54. The van der Waals surface area contributed by atoms with E-state index in [0.717, 1.165) is 21.0 Å². The molecule has 0 radical (unpaired) electrons. The van der Waals surface area contributed by atoms with E-state index in [0.29, 0.717) is 0 Å². The van der Waals surface area contributed by atoms with Gasteiger partial charge in [0.1, 0.15) is 0 Å². The first kappa shape index (κ1) is 13.1. The van der Waals surface area contributed by atoms with Gasteiger partial charge in [-0.3, -0.25) is 0 Å². The molecule has 1 atom stereocenters. The number of amides is 2. The highest BCUT2D eigenvalue weighted by Gasteiger charge is 2.28. The number of allylic oxidation sites excluding steroid dienone is 1. The number of rotatable bonds is 2. The summed E-state index contributed by atoms with van der Waals surface area (Å²) < 4.78 is 0.800. The second-order valence-electron chi connectivity index (χ2n) is 3.97. The van der Waals surface area contributed by atoms with Gasteiger partial charge >= 0.3 is 6.03 Å². The van der Waals surface area contributed by atoms with Crippen LogP contribution >= 0.6 is 24.0 Å². The standard InChI is InChI=1S/C13H14N2OS2/c1-8-10(12(17)18-2)11(15-13(16)14-8)9-6-4-3-5-7-9/h3-7,11H,1-2H3,(H2,14,15,16). The van der Waals surface area contributed by atoms with Crippen LogP contribution in [0.3, 0.4) is 0 Å². The number of carbonyl (C=O) groups is 1. The Morgan fingerprint density at radius 2 is 2.00 bits per heavy atom. The van der Waals surface area contributed by atoms with Crippen LogP contribution in [0.2, 0.25) is 0 Å². The molecule has 1 aromatic rings. The Hall–Kier alpha value is -1.33. The maximum atomic E-state index is 11.6. The van der Waals surface area contributed by atoms with Crippen LogP contribution in [0.5, 0.6) is 0 Å². The molecule has 0 saturated carbocycles. The lowest BCUT2D eigenvalue weighted by Gasteiger charge is -2.29. The van der Waals surface area contributed by atoms with Gasteiger partial charge in [-0.05, 0) is 18.7 Å². The Morgan fingerprint density at radius 1 is 1.33 bits per heavy atom. The van der Waals surface area contributed by atoms with Crippen molar-refractivity contribution in [3.05, 3.63) is 47.2 Å². The van der Waals surface area contributed by atoms with Gasteiger partial charge in [0.25, 0.3) is 0 Å². The van der Waals surface area contributed by atoms with Crippen LogP contribution in [0.15, 0.2) is 41.6 Å². The molecule has 1 aliphatic rings. The summed E-state index contributed by atoms with van der Waals surface area (Å²) in [6.07, 6.45) is 1.95. The maximum absolute atomic E-state index is 11.6. The van der Waals surface area contributed by atoms with E-state index in [9.17, 15) is 4.79 Å². The van der Waals surface area contributed by atoms with Crippen molar-refractivity contribution in [2.45, 2.75) is 13.0 Å². The van der Waals surface area contributed by atoms with Gasteiger partial charge in [0.15, 0.2) is 0 Å². The van der Waals surface area contributed by atoms with Crippen LogP contribution in [-0.4, -0.2) is 16.5 Å². The lowest BCUT2D eigenvalue weighted by atomic mass is 9.97. The molecule has 94 valence electrons. The molecular formula is C13H14N2OS2. The molecule has 0 aliphatic carbocycles. The predicted molar refractivity (Wildman–Crippen MR) is 79.7 cm³/mol. The van der Waals surface area contributed by atoms with E-state index < -0.39 is 0 Å². The summed E-state index contributed by atoms with van der Waals surface area (Å²) in [4.78, 5) is 11.6. The highest BCUT2D eigenvalue weighted by Crippen LogP contribution is 2.30. The van der Waals surface area contributed by atoms with Gasteiger partial charge < -0.3 is 10.6 Å². The molecule has 2 amide bonds.